The second kappa shape index (κ2) is 9.78. The molecule has 3 heterocycles. The molecule has 0 saturated carbocycles. The summed E-state index contributed by atoms with van der Waals surface area (Å²) in [6.45, 7) is 5.11. The van der Waals surface area contributed by atoms with Crippen molar-refractivity contribution in [2.45, 2.75) is 32.7 Å². The lowest BCUT2D eigenvalue weighted by atomic mass is 9.96. The number of aromatic nitrogens is 2. The van der Waals surface area contributed by atoms with E-state index >= 15 is 0 Å². The summed E-state index contributed by atoms with van der Waals surface area (Å²) in [5, 5.41) is 3.03. The summed E-state index contributed by atoms with van der Waals surface area (Å²) in [5.41, 5.74) is 1.85. The topological polar surface area (TPSA) is 89.6 Å². The van der Waals surface area contributed by atoms with Gasteiger partial charge in [0, 0.05) is 38.8 Å². The number of nitrogens with one attached hydrogen (secondary N) is 1. The maximum Gasteiger partial charge on any atom is 0.289 e. The van der Waals surface area contributed by atoms with Gasteiger partial charge in [-0.25, -0.2) is 4.98 Å². The van der Waals surface area contributed by atoms with E-state index in [1.54, 1.807) is 17.0 Å². The average Bonchev–Trinajstić information content (AvgIpc) is 3.45. The summed E-state index contributed by atoms with van der Waals surface area (Å²) in [6, 6.07) is 11.2. The fraction of sp³-hybridized carbons (Fsp3) is 0.435. The molecule has 1 N–H and O–H groups in total. The van der Waals surface area contributed by atoms with Crippen LogP contribution in [0.4, 0.5) is 5.95 Å². The number of fused-ring (bicyclic) bond motifs is 1. The van der Waals surface area contributed by atoms with E-state index < -0.39 is 0 Å². The van der Waals surface area contributed by atoms with Crippen LogP contribution in [0, 0.1) is 5.92 Å². The van der Waals surface area contributed by atoms with Crippen LogP contribution >= 0.6 is 0 Å². The average molecular weight is 425 g/mol. The molecule has 1 aromatic carbocycles. The third kappa shape index (κ3) is 4.80. The first-order chi connectivity index (χ1) is 15.2. The van der Waals surface area contributed by atoms with Gasteiger partial charge in [0.25, 0.3) is 5.91 Å². The van der Waals surface area contributed by atoms with Gasteiger partial charge in [-0.3, -0.25) is 14.9 Å². The van der Waals surface area contributed by atoms with Crippen LogP contribution in [-0.4, -0.2) is 52.6 Å². The molecule has 4 rings (SSSR count). The van der Waals surface area contributed by atoms with E-state index in [1.165, 1.54) is 6.26 Å². The van der Waals surface area contributed by atoms with Crippen LogP contribution in [0.5, 0.6) is 0 Å². The highest BCUT2D eigenvalue weighted by atomic mass is 16.5. The number of furan rings is 1. The molecule has 0 atom stereocenters. The number of amides is 2. The lowest BCUT2D eigenvalue weighted by molar-refractivity contribution is -0.121. The zero-order valence-corrected chi connectivity index (χ0v) is 17.8. The molecule has 0 spiro atoms. The van der Waals surface area contributed by atoms with E-state index in [1.807, 2.05) is 35.8 Å². The van der Waals surface area contributed by atoms with Gasteiger partial charge in [0.2, 0.25) is 11.9 Å². The molecule has 0 aliphatic carbocycles. The molecule has 1 fully saturated rings. The van der Waals surface area contributed by atoms with Gasteiger partial charge in [0.15, 0.2) is 5.76 Å². The predicted molar refractivity (Wildman–Crippen MR) is 117 cm³/mol. The summed E-state index contributed by atoms with van der Waals surface area (Å²) in [7, 11) is 0. The SMILES string of the molecule is CCOCCCn1c(NC(=O)C2CCN(C(=O)c3ccco3)CC2)nc2ccccc21. The Morgan fingerprint density at radius 1 is 1.19 bits per heavy atom. The second-order valence-corrected chi connectivity index (χ2v) is 7.66. The van der Waals surface area contributed by atoms with Gasteiger partial charge in [-0.05, 0) is 50.5 Å². The van der Waals surface area contributed by atoms with Crippen molar-refractivity contribution >= 4 is 28.8 Å². The molecule has 8 heteroatoms. The molecule has 2 aromatic heterocycles. The molecule has 1 aliphatic rings. The number of imidazole rings is 1. The minimum atomic E-state index is -0.155. The first-order valence-corrected chi connectivity index (χ1v) is 10.8. The fourth-order valence-corrected chi connectivity index (χ4v) is 3.98. The molecular weight excluding hydrogens is 396 g/mol. The lowest BCUT2D eigenvalue weighted by Crippen LogP contribution is -2.41. The molecule has 0 unspecified atom stereocenters. The number of rotatable bonds is 8. The van der Waals surface area contributed by atoms with Crippen LogP contribution in [-0.2, 0) is 16.1 Å². The molecular formula is C23H28N4O4. The highest BCUT2D eigenvalue weighted by Gasteiger charge is 2.29. The summed E-state index contributed by atoms with van der Waals surface area (Å²) in [4.78, 5) is 31.8. The summed E-state index contributed by atoms with van der Waals surface area (Å²) < 4.78 is 12.7. The van der Waals surface area contributed by atoms with E-state index in [4.69, 9.17) is 9.15 Å². The standard InChI is InChI=1S/C23H28N4O4/c1-2-30-15-6-12-27-19-8-4-3-7-18(19)24-23(27)25-21(28)17-10-13-26(14-11-17)22(29)20-9-5-16-31-20/h3-5,7-9,16-17H,2,6,10-15H2,1H3,(H,24,25,28). The first kappa shape index (κ1) is 21.1. The number of ether oxygens (including phenoxy) is 1. The Balaban J connectivity index is 1.40. The molecule has 8 nitrogen and oxygen atoms in total. The number of hydrogen-bond donors (Lipinski definition) is 1. The number of nitrogens with zero attached hydrogens (tertiary/aromatic N) is 3. The third-order valence-electron chi connectivity index (χ3n) is 5.65. The highest BCUT2D eigenvalue weighted by molar-refractivity contribution is 5.94. The number of para-hydroxylation sites is 2. The molecule has 164 valence electrons. The molecule has 0 bridgehead atoms. The molecule has 3 aromatic rings. The van der Waals surface area contributed by atoms with Gasteiger partial charge in [0.05, 0.1) is 17.3 Å². The van der Waals surface area contributed by atoms with Crippen molar-refractivity contribution in [3.63, 3.8) is 0 Å². The number of benzene rings is 1. The van der Waals surface area contributed by atoms with Gasteiger partial charge < -0.3 is 18.6 Å². The fourth-order valence-electron chi connectivity index (χ4n) is 3.98. The number of likely N-dealkylation sites (tertiary alicyclic amines) is 1. The molecule has 0 radical (unpaired) electrons. The zero-order valence-electron chi connectivity index (χ0n) is 17.8. The van der Waals surface area contributed by atoms with E-state index in [-0.39, 0.29) is 17.7 Å². The monoisotopic (exact) mass is 424 g/mol. The number of hydrogen-bond acceptors (Lipinski definition) is 5. The van der Waals surface area contributed by atoms with Crippen LogP contribution in [0.25, 0.3) is 11.0 Å². The van der Waals surface area contributed by atoms with Crippen molar-refractivity contribution in [3.05, 3.63) is 48.4 Å². The number of piperidine rings is 1. The van der Waals surface area contributed by atoms with Crippen molar-refractivity contribution in [1.82, 2.24) is 14.5 Å². The van der Waals surface area contributed by atoms with E-state index in [2.05, 4.69) is 10.3 Å². The Bertz CT molecular complexity index is 1020. The maximum absolute atomic E-state index is 13.0. The minimum absolute atomic E-state index is 0.0496. The van der Waals surface area contributed by atoms with Crippen molar-refractivity contribution in [3.8, 4) is 0 Å². The van der Waals surface area contributed by atoms with Crippen LogP contribution in [0.1, 0.15) is 36.7 Å². The van der Waals surface area contributed by atoms with Crippen LogP contribution < -0.4 is 5.32 Å². The van der Waals surface area contributed by atoms with Crippen LogP contribution in [0.15, 0.2) is 47.1 Å². The van der Waals surface area contributed by atoms with Gasteiger partial charge in [-0.15, -0.1) is 0 Å². The summed E-state index contributed by atoms with van der Waals surface area (Å²) in [5.74, 6) is 0.573. The van der Waals surface area contributed by atoms with E-state index in [9.17, 15) is 9.59 Å². The Labute approximate surface area is 181 Å². The largest absolute Gasteiger partial charge is 0.459 e. The maximum atomic E-state index is 13.0. The van der Waals surface area contributed by atoms with E-state index in [0.29, 0.717) is 57.4 Å². The minimum Gasteiger partial charge on any atom is -0.459 e. The molecule has 1 saturated heterocycles. The Morgan fingerprint density at radius 3 is 2.74 bits per heavy atom. The van der Waals surface area contributed by atoms with Gasteiger partial charge in [0.1, 0.15) is 0 Å². The first-order valence-electron chi connectivity index (χ1n) is 10.8. The molecule has 1 aliphatic heterocycles. The lowest BCUT2D eigenvalue weighted by Gasteiger charge is -2.30. The number of anilines is 1. The van der Waals surface area contributed by atoms with Crippen LogP contribution in [0.2, 0.25) is 0 Å². The Kier molecular flexibility index (Phi) is 6.66. The van der Waals surface area contributed by atoms with Crippen molar-refractivity contribution in [2.75, 3.05) is 31.6 Å². The number of carbonyl (C=O) groups is 2. The van der Waals surface area contributed by atoms with Gasteiger partial charge in [-0.2, -0.15) is 0 Å². The van der Waals surface area contributed by atoms with Crippen molar-refractivity contribution in [2.24, 2.45) is 5.92 Å². The normalized spacial score (nSPS) is 14.8. The number of carbonyl (C=O) groups excluding carboxylic acids is 2. The Hall–Kier alpha value is -3.13. The summed E-state index contributed by atoms with van der Waals surface area (Å²) >= 11 is 0. The summed E-state index contributed by atoms with van der Waals surface area (Å²) in [6.07, 6.45) is 3.56. The quantitative estimate of drug-likeness (QED) is 0.559. The van der Waals surface area contributed by atoms with Gasteiger partial charge >= 0.3 is 0 Å². The zero-order chi connectivity index (χ0) is 21.6. The highest BCUT2D eigenvalue weighted by Crippen LogP contribution is 2.24. The third-order valence-corrected chi connectivity index (χ3v) is 5.65. The molecule has 2 amide bonds. The number of aryl methyl sites for hydroxylation is 1. The second-order valence-electron chi connectivity index (χ2n) is 7.66. The van der Waals surface area contributed by atoms with Crippen LogP contribution in [0.3, 0.4) is 0 Å². The van der Waals surface area contributed by atoms with Gasteiger partial charge in [-0.1, -0.05) is 12.1 Å². The van der Waals surface area contributed by atoms with E-state index in [0.717, 1.165) is 17.5 Å². The molecule has 31 heavy (non-hydrogen) atoms. The predicted octanol–water partition coefficient (Wildman–Crippen LogP) is 3.55. The van der Waals surface area contributed by atoms with Crippen molar-refractivity contribution in [1.29, 1.82) is 0 Å². The Morgan fingerprint density at radius 2 is 2.00 bits per heavy atom. The smallest absolute Gasteiger partial charge is 0.289 e. The van der Waals surface area contributed by atoms with Crippen molar-refractivity contribution < 1.29 is 18.7 Å².